The number of nitrogens with zero attached hydrogens (tertiary/aromatic N) is 2. The van der Waals surface area contributed by atoms with Crippen molar-refractivity contribution in [2.24, 2.45) is 0 Å². The van der Waals surface area contributed by atoms with E-state index in [-0.39, 0.29) is 5.56 Å². The number of aromatic nitrogens is 3. The van der Waals surface area contributed by atoms with E-state index in [1.54, 1.807) is 41.4 Å². The Morgan fingerprint density at radius 2 is 2.40 bits per heavy atom. The minimum Gasteiger partial charge on any atom is -0.463 e. The number of aromatic amines is 1. The Kier molecular flexibility index (Phi) is 1.53. The minimum atomic E-state index is -0.228. The van der Waals surface area contributed by atoms with Crippen LogP contribution in [0.5, 0.6) is 0 Å². The molecule has 0 amide bonds. The highest BCUT2D eigenvalue weighted by molar-refractivity contribution is 5.52. The van der Waals surface area contributed by atoms with Crippen LogP contribution in [0.2, 0.25) is 0 Å². The topological polar surface area (TPSA) is 63.3 Å². The molecule has 0 spiro atoms. The molecule has 0 aliphatic carbocycles. The van der Waals surface area contributed by atoms with Crippen LogP contribution in [0, 0.1) is 0 Å². The fourth-order valence-corrected chi connectivity index (χ4v) is 1.50. The van der Waals surface area contributed by atoms with Gasteiger partial charge in [-0.1, -0.05) is 0 Å². The summed E-state index contributed by atoms with van der Waals surface area (Å²) < 4.78 is 6.86. The van der Waals surface area contributed by atoms with Crippen LogP contribution in [0.25, 0.3) is 17.1 Å². The average molecular weight is 201 g/mol. The Balaban J connectivity index is 2.34. The maximum Gasteiger partial charge on any atom is 0.292 e. The van der Waals surface area contributed by atoms with Crippen molar-refractivity contribution >= 4 is 5.65 Å². The lowest BCUT2D eigenvalue weighted by molar-refractivity contribution is 0.579. The summed E-state index contributed by atoms with van der Waals surface area (Å²) in [7, 11) is 0. The number of H-pyrrole nitrogens is 1. The zero-order valence-corrected chi connectivity index (χ0v) is 7.68. The largest absolute Gasteiger partial charge is 0.463 e. The van der Waals surface area contributed by atoms with E-state index in [2.05, 4.69) is 9.97 Å². The molecule has 0 bridgehead atoms. The maximum absolute atomic E-state index is 11.6. The molecule has 3 aromatic rings. The predicted molar refractivity (Wildman–Crippen MR) is 53.5 cm³/mol. The Labute approximate surface area is 84.0 Å². The Morgan fingerprint density at radius 3 is 3.20 bits per heavy atom. The van der Waals surface area contributed by atoms with E-state index < -0.39 is 0 Å². The van der Waals surface area contributed by atoms with Crippen molar-refractivity contribution in [3.63, 3.8) is 0 Å². The summed E-state index contributed by atoms with van der Waals surface area (Å²) in [5.74, 6) is 0.628. The quantitative estimate of drug-likeness (QED) is 0.645. The summed E-state index contributed by atoms with van der Waals surface area (Å²) >= 11 is 0. The van der Waals surface area contributed by atoms with Crippen molar-refractivity contribution in [3.8, 4) is 11.5 Å². The van der Waals surface area contributed by atoms with Gasteiger partial charge >= 0.3 is 0 Å². The highest BCUT2D eigenvalue weighted by Crippen LogP contribution is 2.15. The fourth-order valence-electron chi connectivity index (χ4n) is 1.50. The van der Waals surface area contributed by atoms with Crippen molar-refractivity contribution in [1.29, 1.82) is 0 Å². The van der Waals surface area contributed by atoms with Gasteiger partial charge in [0, 0.05) is 18.6 Å². The van der Waals surface area contributed by atoms with E-state index in [1.807, 2.05) is 0 Å². The Bertz CT molecular complexity index is 649. The van der Waals surface area contributed by atoms with Crippen LogP contribution in [0.3, 0.4) is 0 Å². The monoisotopic (exact) mass is 201 g/mol. The van der Waals surface area contributed by atoms with E-state index >= 15 is 0 Å². The van der Waals surface area contributed by atoms with Gasteiger partial charge in [-0.3, -0.25) is 4.79 Å². The van der Waals surface area contributed by atoms with Gasteiger partial charge in [0.25, 0.3) is 5.56 Å². The highest BCUT2D eigenvalue weighted by atomic mass is 16.3. The molecule has 0 fully saturated rings. The van der Waals surface area contributed by atoms with Gasteiger partial charge in [-0.15, -0.1) is 0 Å². The zero-order valence-electron chi connectivity index (χ0n) is 7.68. The summed E-state index contributed by atoms with van der Waals surface area (Å²) in [6.07, 6.45) is 6.63. The standard InChI is InChI=1S/C10H7N3O2/c14-10-9-11-3-4-13(9)6-7(12-10)8-2-1-5-15-8/h1-6H,(H,12,14). The van der Waals surface area contributed by atoms with Crippen LogP contribution < -0.4 is 5.56 Å². The Hall–Kier alpha value is -2.30. The van der Waals surface area contributed by atoms with Crippen LogP contribution >= 0.6 is 0 Å². The summed E-state index contributed by atoms with van der Waals surface area (Å²) in [4.78, 5) is 18.2. The fraction of sp³-hybridized carbons (Fsp3) is 0. The molecule has 5 heteroatoms. The van der Waals surface area contributed by atoms with E-state index in [0.717, 1.165) is 0 Å². The first-order chi connectivity index (χ1) is 7.34. The van der Waals surface area contributed by atoms with E-state index in [4.69, 9.17) is 4.42 Å². The van der Waals surface area contributed by atoms with Gasteiger partial charge in [-0.25, -0.2) is 4.98 Å². The third-order valence-electron chi connectivity index (χ3n) is 2.17. The molecule has 0 unspecified atom stereocenters. The molecule has 74 valence electrons. The van der Waals surface area contributed by atoms with Crippen LogP contribution in [0.1, 0.15) is 0 Å². The molecule has 15 heavy (non-hydrogen) atoms. The number of fused-ring (bicyclic) bond motifs is 1. The normalized spacial score (nSPS) is 10.9. The molecular weight excluding hydrogens is 194 g/mol. The lowest BCUT2D eigenvalue weighted by atomic mass is 10.3. The number of nitrogens with one attached hydrogen (secondary N) is 1. The molecule has 5 nitrogen and oxygen atoms in total. The van der Waals surface area contributed by atoms with E-state index in [1.165, 1.54) is 0 Å². The third kappa shape index (κ3) is 1.17. The minimum absolute atomic E-state index is 0.228. The van der Waals surface area contributed by atoms with Crippen LogP contribution in [0.4, 0.5) is 0 Å². The second-order valence-electron chi connectivity index (χ2n) is 3.13. The third-order valence-corrected chi connectivity index (χ3v) is 2.17. The molecule has 0 aliphatic rings. The molecule has 0 aliphatic heterocycles. The molecule has 0 radical (unpaired) electrons. The maximum atomic E-state index is 11.6. The molecule has 3 rings (SSSR count). The molecule has 0 saturated heterocycles. The van der Waals surface area contributed by atoms with Gasteiger partial charge in [-0.2, -0.15) is 0 Å². The summed E-state index contributed by atoms with van der Waals surface area (Å²) in [6.45, 7) is 0. The molecule has 0 aromatic carbocycles. The first-order valence-electron chi connectivity index (χ1n) is 4.44. The number of hydrogen-bond acceptors (Lipinski definition) is 3. The second-order valence-corrected chi connectivity index (χ2v) is 3.13. The van der Waals surface area contributed by atoms with Gasteiger partial charge in [0.2, 0.25) is 5.65 Å². The van der Waals surface area contributed by atoms with E-state index in [9.17, 15) is 4.79 Å². The summed E-state index contributed by atoms with van der Waals surface area (Å²) in [5.41, 5.74) is 0.787. The predicted octanol–water partition coefficient (Wildman–Crippen LogP) is 1.28. The van der Waals surface area contributed by atoms with Gasteiger partial charge < -0.3 is 13.8 Å². The molecule has 1 N–H and O–H groups in total. The van der Waals surface area contributed by atoms with Gasteiger partial charge in [0.15, 0.2) is 5.76 Å². The number of hydrogen-bond donors (Lipinski definition) is 1. The van der Waals surface area contributed by atoms with Crippen LogP contribution in [0.15, 0.2) is 46.2 Å². The van der Waals surface area contributed by atoms with E-state index in [0.29, 0.717) is 17.1 Å². The van der Waals surface area contributed by atoms with Crippen molar-refractivity contribution < 1.29 is 4.42 Å². The molecule has 3 aromatic heterocycles. The SMILES string of the molecule is O=c1[nH]c(-c2ccco2)cn2ccnc12. The van der Waals surface area contributed by atoms with Crippen molar-refractivity contribution in [2.45, 2.75) is 0 Å². The smallest absolute Gasteiger partial charge is 0.292 e. The van der Waals surface area contributed by atoms with Gasteiger partial charge in [0.05, 0.1) is 6.26 Å². The second kappa shape index (κ2) is 2.84. The number of imidazole rings is 1. The lowest BCUT2D eigenvalue weighted by Crippen LogP contribution is -2.10. The van der Waals surface area contributed by atoms with Crippen LogP contribution in [-0.2, 0) is 0 Å². The van der Waals surface area contributed by atoms with Crippen molar-refractivity contribution in [1.82, 2.24) is 14.4 Å². The molecule has 3 heterocycles. The number of rotatable bonds is 1. The van der Waals surface area contributed by atoms with Crippen molar-refractivity contribution in [2.75, 3.05) is 0 Å². The van der Waals surface area contributed by atoms with Crippen molar-refractivity contribution in [3.05, 3.63) is 47.3 Å². The van der Waals surface area contributed by atoms with Crippen LogP contribution in [-0.4, -0.2) is 14.4 Å². The lowest BCUT2D eigenvalue weighted by Gasteiger charge is -1.98. The Morgan fingerprint density at radius 1 is 1.47 bits per heavy atom. The summed E-state index contributed by atoms with van der Waals surface area (Å²) in [5, 5.41) is 0. The molecule has 0 atom stereocenters. The highest BCUT2D eigenvalue weighted by Gasteiger charge is 2.05. The molecule has 0 saturated carbocycles. The van der Waals surface area contributed by atoms with Gasteiger partial charge in [0.1, 0.15) is 5.69 Å². The summed E-state index contributed by atoms with van der Waals surface area (Å²) in [6, 6.07) is 3.56. The van der Waals surface area contributed by atoms with Gasteiger partial charge in [-0.05, 0) is 12.1 Å². The first-order valence-corrected chi connectivity index (χ1v) is 4.44. The number of furan rings is 1. The zero-order chi connectivity index (χ0) is 10.3. The average Bonchev–Trinajstić information content (AvgIpc) is 2.88. The molecular formula is C10H7N3O2. The first kappa shape index (κ1) is 8.05.